The van der Waals surface area contributed by atoms with Crippen LogP contribution in [-0.2, 0) is 17.6 Å². The van der Waals surface area contributed by atoms with Gasteiger partial charge in [0.15, 0.2) is 11.4 Å². The highest BCUT2D eigenvalue weighted by Gasteiger charge is 2.43. The van der Waals surface area contributed by atoms with Crippen LogP contribution in [0.2, 0.25) is 0 Å². The summed E-state index contributed by atoms with van der Waals surface area (Å²) in [6.45, 7) is 11.6. The molecule has 0 radical (unpaired) electrons. The molecule has 0 unspecified atom stereocenters. The third-order valence-corrected chi connectivity index (χ3v) is 7.48. The third kappa shape index (κ3) is 8.93. The summed E-state index contributed by atoms with van der Waals surface area (Å²) in [6.07, 6.45) is -2.82. The van der Waals surface area contributed by atoms with Crippen molar-refractivity contribution in [3.8, 4) is 0 Å². The van der Waals surface area contributed by atoms with Crippen LogP contribution in [0.3, 0.4) is 0 Å². The fourth-order valence-corrected chi connectivity index (χ4v) is 5.51. The van der Waals surface area contributed by atoms with Crippen molar-refractivity contribution in [1.29, 1.82) is 0 Å². The molecule has 2 aromatic carbocycles. The van der Waals surface area contributed by atoms with Crippen LogP contribution in [0.25, 0.3) is 0 Å². The summed E-state index contributed by atoms with van der Waals surface area (Å²) in [4.78, 5) is 56.5. The number of carbonyl (C=O) groups excluding carboxylic acids is 2. The minimum Gasteiger partial charge on any atom is -0.465 e. The highest BCUT2D eigenvalue weighted by Crippen LogP contribution is 2.29. The van der Waals surface area contributed by atoms with Gasteiger partial charge in [-0.1, -0.05) is 41.7 Å². The monoisotopic (exact) mass is 624 g/mol. The maximum absolute atomic E-state index is 13.1. The van der Waals surface area contributed by atoms with Crippen LogP contribution in [0.15, 0.2) is 54.6 Å². The predicted octanol–water partition coefficient (Wildman–Crippen LogP) is 6.39. The van der Waals surface area contributed by atoms with E-state index >= 15 is 0 Å². The average molecular weight is 625 g/mol. The van der Waals surface area contributed by atoms with Gasteiger partial charge >= 0.3 is 12.2 Å². The molecule has 4 amide bonds. The molecule has 0 saturated carbocycles. The molecule has 1 aromatic heterocycles. The molecular formula is C31H40N6O6S. The molecule has 13 heteroatoms. The Morgan fingerprint density at radius 1 is 0.795 bits per heavy atom. The van der Waals surface area contributed by atoms with Crippen molar-refractivity contribution < 1.29 is 29.4 Å². The predicted molar refractivity (Wildman–Crippen MR) is 171 cm³/mol. The van der Waals surface area contributed by atoms with E-state index < -0.39 is 29.6 Å². The number of carboxylic acid groups (broad SMARTS) is 2. The summed E-state index contributed by atoms with van der Waals surface area (Å²) in [7, 11) is 0. The molecule has 3 aromatic rings. The Balaban J connectivity index is 1.83. The number of hydrogen-bond acceptors (Lipinski definition) is 7. The summed E-state index contributed by atoms with van der Waals surface area (Å²) < 4.78 is 0. The Labute approximate surface area is 261 Å². The Kier molecular flexibility index (Phi) is 10.6. The molecule has 3 rings (SSSR count). The smallest absolute Gasteiger partial charge is 0.410 e. The second kappa shape index (κ2) is 13.8. The Morgan fingerprint density at radius 3 is 1.82 bits per heavy atom. The summed E-state index contributed by atoms with van der Waals surface area (Å²) >= 11 is 1.10. The minimum atomic E-state index is -1.27. The lowest BCUT2D eigenvalue weighted by Gasteiger charge is -2.48. The van der Waals surface area contributed by atoms with Crippen LogP contribution in [0.1, 0.15) is 69.4 Å². The number of amides is 4. The average Bonchev–Trinajstić information content (AvgIpc) is 3.28. The van der Waals surface area contributed by atoms with E-state index in [4.69, 9.17) is 0 Å². The lowest BCUT2D eigenvalue weighted by Crippen LogP contribution is -2.66. The van der Waals surface area contributed by atoms with Gasteiger partial charge in [-0.2, -0.15) is 0 Å². The molecular weight excluding hydrogens is 584 g/mol. The SMILES string of the molecule is CC(=O)Nc1nc(CCc2ccc(NC(N(C(=O)O)C(C)(C)C)N(C(=O)O)C(C)(C)C)cc2)c(C(=O)Nc2ccccc2)s1. The quantitative estimate of drug-likeness (QED) is 0.162. The molecule has 0 saturated heterocycles. The fourth-order valence-electron chi connectivity index (χ4n) is 4.55. The van der Waals surface area contributed by atoms with E-state index in [0.29, 0.717) is 39.9 Å². The van der Waals surface area contributed by atoms with Crippen LogP contribution < -0.4 is 16.0 Å². The molecule has 0 bridgehead atoms. The summed E-state index contributed by atoms with van der Waals surface area (Å²) in [5.74, 6) is -0.614. The summed E-state index contributed by atoms with van der Waals surface area (Å²) in [5, 5.41) is 29.1. The maximum Gasteiger partial charge on any atom is 0.410 e. The molecule has 0 atom stereocenters. The van der Waals surface area contributed by atoms with E-state index in [0.717, 1.165) is 26.7 Å². The van der Waals surface area contributed by atoms with Crippen LogP contribution in [0, 0.1) is 0 Å². The van der Waals surface area contributed by atoms with Gasteiger partial charge in [0, 0.05) is 29.4 Å². The van der Waals surface area contributed by atoms with Gasteiger partial charge in [0.05, 0.1) is 5.69 Å². The van der Waals surface area contributed by atoms with Gasteiger partial charge in [-0.25, -0.2) is 14.6 Å². The first-order chi connectivity index (χ1) is 20.5. The number of aromatic nitrogens is 1. The highest BCUT2D eigenvalue weighted by molar-refractivity contribution is 7.17. The van der Waals surface area contributed by atoms with Gasteiger partial charge in [0.1, 0.15) is 4.88 Å². The Morgan fingerprint density at radius 2 is 1.34 bits per heavy atom. The van der Waals surface area contributed by atoms with Crippen molar-refractivity contribution in [2.75, 3.05) is 16.0 Å². The number of para-hydroxylation sites is 1. The zero-order valence-electron chi connectivity index (χ0n) is 26.0. The van der Waals surface area contributed by atoms with Crippen molar-refractivity contribution in [1.82, 2.24) is 14.8 Å². The molecule has 236 valence electrons. The van der Waals surface area contributed by atoms with Gasteiger partial charge in [0.2, 0.25) is 5.91 Å². The lowest BCUT2D eigenvalue weighted by atomic mass is 10.0. The molecule has 5 N–H and O–H groups in total. The molecule has 0 aliphatic rings. The number of thiazole rings is 1. The number of hydrogen-bond donors (Lipinski definition) is 5. The van der Waals surface area contributed by atoms with E-state index in [1.807, 2.05) is 30.3 Å². The van der Waals surface area contributed by atoms with Gasteiger partial charge < -0.3 is 26.2 Å². The van der Waals surface area contributed by atoms with Crippen LogP contribution in [0.5, 0.6) is 0 Å². The molecule has 44 heavy (non-hydrogen) atoms. The number of benzene rings is 2. The molecule has 0 spiro atoms. The molecule has 0 aliphatic heterocycles. The molecule has 1 heterocycles. The number of rotatable bonds is 10. The van der Waals surface area contributed by atoms with E-state index in [-0.39, 0.29) is 11.8 Å². The lowest BCUT2D eigenvalue weighted by molar-refractivity contribution is -0.114. The van der Waals surface area contributed by atoms with E-state index in [1.54, 1.807) is 65.8 Å². The number of carbonyl (C=O) groups is 4. The van der Waals surface area contributed by atoms with Crippen molar-refractivity contribution in [3.05, 3.63) is 70.7 Å². The zero-order chi connectivity index (χ0) is 32.8. The maximum atomic E-state index is 13.1. The Bertz CT molecular complexity index is 1450. The van der Waals surface area contributed by atoms with Crippen LogP contribution in [-0.4, -0.2) is 66.4 Å². The standard InChI is InChI=1S/C31H40N6O6S/c1-19(38)32-26-35-23(24(44-26)25(39)33-21-11-9-8-10-12-21)18-15-20-13-16-22(17-14-20)34-27(36(28(40)41)30(2,3)4)37(29(42)43)31(5,6)7/h8-14,16-17,27,34H,15,18H2,1-7H3,(H,33,39)(H,40,41)(H,42,43)(H,32,35,38). The number of aryl methyl sites for hydroxylation is 2. The van der Waals surface area contributed by atoms with E-state index in [9.17, 15) is 29.4 Å². The first-order valence-electron chi connectivity index (χ1n) is 14.0. The van der Waals surface area contributed by atoms with Gasteiger partial charge in [-0.3, -0.25) is 19.4 Å². The van der Waals surface area contributed by atoms with Crippen LogP contribution >= 0.6 is 11.3 Å². The highest BCUT2D eigenvalue weighted by atomic mass is 32.1. The summed E-state index contributed by atoms with van der Waals surface area (Å²) in [6, 6.07) is 16.2. The molecule has 0 fully saturated rings. The first kappa shape index (κ1) is 33.8. The van der Waals surface area contributed by atoms with Crippen molar-refractivity contribution >= 4 is 51.8 Å². The van der Waals surface area contributed by atoms with Crippen molar-refractivity contribution in [2.45, 2.75) is 78.7 Å². The van der Waals surface area contributed by atoms with Gasteiger partial charge in [-0.05, 0) is 84.2 Å². The Hall–Kier alpha value is -4.65. The molecule has 12 nitrogen and oxygen atoms in total. The zero-order valence-corrected chi connectivity index (χ0v) is 26.8. The number of nitrogens with zero attached hydrogens (tertiary/aromatic N) is 3. The minimum absolute atomic E-state index is 0.289. The normalized spacial score (nSPS) is 11.5. The number of anilines is 3. The molecule has 0 aliphatic carbocycles. The van der Waals surface area contributed by atoms with Crippen molar-refractivity contribution in [2.24, 2.45) is 0 Å². The summed E-state index contributed by atoms with van der Waals surface area (Å²) in [5.41, 5.74) is 0.772. The van der Waals surface area contributed by atoms with Gasteiger partial charge in [0.25, 0.3) is 5.91 Å². The number of nitrogens with one attached hydrogen (secondary N) is 3. The topological polar surface area (TPSA) is 164 Å². The van der Waals surface area contributed by atoms with Crippen molar-refractivity contribution in [3.63, 3.8) is 0 Å². The second-order valence-corrected chi connectivity index (χ2v) is 13.2. The van der Waals surface area contributed by atoms with E-state index in [1.165, 1.54) is 6.92 Å². The fraction of sp³-hybridized carbons (Fsp3) is 0.387. The van der Waals surface area contributed by atoms with E-state index in [2.05, 4.69) is 20.9 Å². The largest absolute Gasteiger partial charge is 0.465 e. The first-order valence-corrected chi connectivity index (χ1v) is 14.8. The van der Waals surface area contributed by atoms with Crippen LogP contribution in [0.4, 0.5) is 26.1 Å². The third-order valence-electron chi connectivity index (χ3n) is 6.47. The second-order valence-electron chi connectivity index (χ2n) is 12.2. The van der Waals surface area contributed by atoms with Gasteiger partial charge in [-0.15, -0.1) is 0 Å².